The van der Waals surface area contributed by atoms with Crippen LogP contribution in [0, 0.1) is 0 Å². The number of rotatable bonds is 3. The first-order valence-corrected chi connectivity index (χ1v) is 7.48. The van der Waals surface area contributed by atoms with Crippen LogP contribution in [-0.2, 0) is 9.59 Å². The third-order valence-electron chi connectivity index (χ3n) is 3.71. The van der Waals surface area contributed by atoms with Crippen LogP contribution in [0.5, 0.6) is 0 Å². The summed E-state index contributed by atoms with van der Waals surface area (Å²) in [5.41, 5.74) is 11.6. The van der Waals surface area contributed by atoms with Gasteiger partial charge in [-0.15, -0.1) is 11.3 Å². The van der Waals surface area contributed by atoms with E-state index in [0.717, 1.165) is 10.1 Å². The molecule has 1 aliphatic rings. The number of hydrogen-bond acceptors (Lipinski definition) is 6. The minimum atomic E-state index is -1.29. The Bertz CT molecular complexity index is 861. The molecule has 2 heterocycles. The minimum absolute atomic E-state index is 0.153. The Balaban J connectivity index is 2.31. The van der Waals surface area contributed by atoms with Crippen molar-refractivity contribution in [3.05, 3.63) is 58.0 Å². The van der Waals surface area contributed by atoms with Crippen molar-refractivity contribution in [2.45, 2.75) is 5.92 Å². The van der Waals surface area contributed by atoms with Crippen molar-refractivity contribution < 1.29 is 19.8 Å². The zero-order valence-corrected chi connectivity index (χ0v) is 12.6. The maximum absolute atomic E-state index is 11.7. The minimum Gasteiger partial charge on any atom is -0.478 e. The van der Waals surface area contributed by atoms with Crippen molar-refractivity contribution in [3.8, 4) is 0 Å². The Hall–Kier alpha value is -3.00. The highest BCUT2D eigenvalue weighted by atomic mass is 32.1. The van der Waals surface area contributed by atoms with Crippen LogP contribution in [0.2, 0.25) is 0 Å². The van der Waals surface area contributed by atoms with Gasteiger partial charge >= 0.3 is 11.9 Å². The lowest BCUT2D eigenvalue weighted by Crippen LogP contribution is -2.38. The van der Waals surface area contributed by atoms with Crippen LogP contribution in [-0.4, -0.2) is 22.2 Å². The fourth-order valence-electron chi connectivity index (χ4n) is 2.75. The molecular formula is C15H13N3O4S. The van der Waals surface area contributed by atoms with Crippen molar-refractivity contribution >= 4 is 33.4 Å². The highest BCUT2D eigenvalue weighted by Crippen LogP contribution is 2.41. The van der Waals surface area contributed by atoms with Crippen molar-refractivity contribution in [2.24, 2.45) is 11.5 Å². The molecule has 0 aliphatic carbocycles. The van der Waals surface area contributed by atoms with Gasteiger partial charge in [-0.1, -0.05) is 18.2 Å². The van der Waals surface area contributed by atoms with Gasteiger partial charge in [0.2, 0.25) is 0 Å². The van der Waals surface area contributed by atoms with E-state index in [9.17, 15) is 19.8 Å². The molecular weight excluding hydrogens is 318 g/mol. The Morgan fingerprint density at radius 3 is 2.17 bits per heavy atom. The summed E-state index contributed by atoms with van der Waals surface area (Å²) in [5.74, 6) is -3.92. The van der Waals surface area contributed by atoms with E-state index in [2.05, 4.69) is 5.32 Å². The highest BCUT2D eigenvalue weighted by molar-refractivity contribution is 7.17. The second kappa shape index (κ2) is 5.33. The number of thiophene rings is 1. The molecule has 0 spiro atoms. The molecule has 0 atom stereocenters. The molecule has 0 unspecified atom stereocenters. The van der Waals surface area contributed by atoms with E-state index in [4.69, 9.17) is 11.5 Å². The zero-order valence-electron chi connectivity index (χ0n) is 11.7. The van der Waals surface area contributed by atoms with Gasteiger partial charge in [-0.2, -0.15) is 0 Å². The lowest BCUT2D eigenvalue weighted by Gasteiger charge is -2.27. The number of carboxylic acid groups (broad SMARTS) is 2. The van der Waals surface area contributed by atoms with E-state index in [1.165, 1.54) is 11.3 Å². The summed E-state index contributed by atoms with van der Waals surface area (Å²) < 4.78 is 0.924. The molecule has 1 aromatic carbocycles. The molecule has 0 fully saturated rings. The fraction of sp³-hybridized carbons (Fsp3) is 0.0667. The predicted molar refractivity (Wildman–Crippen MR) is 85.4 cm³/mol. The molecule has 0 saturated heterocycles. The molecule has 7 nitrogen and oxygen atoms in total. The molecule has 118 valence electrons. The number of fused-ring (bicyclic) bond motifs is 1. The maximum Gasteiger partial charge on any atom is 0.336 e. The molecule has 7 N–H and O–H groups in total. The average molecular weight is 331 g/mol. The number of dihydropyridines is 1. The van der Waals surface area contributed by atoms with E-state index < -0.39 is 17.9 Å². The topological polar surface area (TPSA) is 139 Å². The Morgan fingerprint density at radius 2 is 1.61 bits per heavy atom. The first-order valence-electron chi connectivity index (χ1n) is 6.60. The predicted octanol–water partition coefficient (Wildman–Crippen LogP) is 1.10. The summed E-state index contributed by atoms with van der Waals surface area (Å²) in [7, 11) is 0. The van der Waals surface area contributed by atoms with E-state index in [1.54, 1.807) is 11.4 Å². The van der Waals surface area contributed by atoms with E-state index in [0.29, 0.717) is 5.56 Å². The third-order valence-corrected chi connectivity index (χ3v) is 4.69. The van der Waals surface area contributed by atoms with E-state index in [1.807, 2.05) is 18.2 Å². The van der Waals surface area contributed by atoms with Crippen LogP contribution in [0.1, 0.15) is 11.5 Å². The first-order chi connectivity index (χ1) is 10.9. The number of nitrogens with two attached hydrogens (primary N) is 2. The van der Waals surface area contributed by atoms with Gasteiger partial charge in [0, 0.05) is 4.70 Å². The Kier molecular flexibility index (Phi) is 3.45. The number of nitrogens with one attached hydrogen (secondary N) is 1. The van der Waals surface area contributed by atoms with Gasteiger partial charge in [-0.05, 0) is 22.4 Å². The monoisotopic (exact) mass is 331 g/mol. The summed E-state index contributed by atoms with van der Waals surface area (Å²) in [6.45, 7) is 0. The first kappa shape index (κ1) is 14.9. The molecule has 0 saturated carbocycles. The fourth-order valence-corrected chi connectivity index (χ4v) is 3.73. The van der Waals surface area contributed by atoms with Crippen LogP contribution in [0.4, 0.5) is 0 Å². The van der Waals surface area contributed by atoms with Crippen molar-refractivity contribution in [1.29, 1.82) is 0 Å². The summed E-state index contributed by atoms with van der Waals surface area (Å²) in [6, 6.07) is 7.36. The number of carboxylic acids is 2. The largest absolute Gasteiger partial charge is 0.478 e. The number of carbonyl (C=O) groups is 2. The van der Waals surface area contributed by atoms with Crippen molar-refractivity contribution in [2.75, 3.05) is 0 Å². The summed E-state index contributed by atoms with van der Waals surface area (Å²) in [5, 5.41) is 24.0. The molecule has 23 heavy (non-hydrogen) atoms. The molecule has 2 aromatic rings. The zero-order chi connectivity index (χ0) is 16.7. The smallest absolute Gasteiger partial charge is 0.336 e. The standard InChI is InChI=1S/C15H13N3O4S/c16-12-10(14(19)20)9(11(15(21)22)13(17)18-12)7-5-23-8-4-2-1-3-6(7)8/h1-5,9,18H,16-17H2,(H,19,20)(H,21,22). The summed E-state index contributed by atoms with van der Waals surface area (Å²) in [6.07, 6.45) is 0. The Labute approximate surface area is 134 Å². The molecule has 0 amide bonds. The van der Waals surface area contributed by atoms with Gasteiger partial charge in [0.25, 0.3) is 0 Å². The molecule has 1 aliphatic heterocycles. The molecule has 3 rings (SSSR count). The molecule has 0 radical (unpaired) electrons. The van der Waals surface area contributed by atoms with Crippen LogP contribution >= 0.6 is 11.3 Å². The second-order valence-electron chi connectivity index (χ2n) is 5.01. The van der Waals surface area contributed by atoms with Gasteiger partial charge in [-0.3, -0.25) is 0 Å². The normalized spacial score (nSPS) is 15.8. The molecule has 1 aromatic heterocycles. The lowest BCUT2D eigenvalue weighted by molar-refractivity contribution is -0.133. The van der Waals surface area contributed by atoms with Crippen molar-refractivity contribution in [3.63, 3.8) is 0 Å². The van der Waals surface area contributed by atoms with Gasteiger partial charge in [0.05, 0.1) is 17.1 Å². The van der Waals surface area contributed by atoms with Crippen LogP contribution in [0.25, 0.3) is 10.1 Å². The van der Waals surface area contributed by atoms with Gasteiger partial charge in [0.15, 0.2) is 0 Å². The number of hydrogen-bond donors (Lipinski definition) is 5. The highest BCUT2D eigenvalue weighted by Gasteiger charge is 2.38. The maximum atomic E-state index is 11.7. The molecule has 0 bridgehead atoms. The number of benzene rings is 1. The second-order valence-corrected chi connectivity index (χ2v) is 5.92. The van der Waals surface area contributed by atoms with Gasteiger partial charge in [0.1, 0.15) is 11.6 Å². The van der Waals surface area contributed by atoms with Gasteiger partial charge in [-0.25, -0.2) is 9.59 Å². The lowest BCUT2D eigenvalue weighted by atomic mass is 9.82. The van der Waals surface area contributed by atoms with Crippen LogP contribution < -0.4 is 16.8 Å². The quantitative estimate of drug-likeness (QED) is 0.567. The van der Waals surface area contributed by atoms with E-state index >= 15 is 0 Å². The van der Waals surface area contributed by atoms with E-state index in [-0.39, 0.29) is 22.8 Å². The average Bonchev–Trinajstić information content (AvgIpc) is 2.89. The SMILES string of the molecule is NC1=C(C(=O)O)C(c2csc3ccccc23)C(C(=O)O)=C(N)N1. The van der Waals surface area contributed by atoms with Gasteiger partial charge < -0.3 is 27.0 Å². The van der Waals surface area contributed by atoms with Crippen molar-refractivity contribution in [1.82, 2.24) is 5.32 Å². The number of aliphatic carboxylic acids is 2. The summed E-state index contributed by atoms with van der Waals surface area (Å²) in [4.78, 5) is 23.3. The summed E-state index contributed by atoms with van der Waals surface area (Å²) >= 11 is 1.40. The Morgan fingerprint density at radius 1 is 1.04 bits per heavy atom. The van der Waals surface area contributed by atoms with Crippen LogP contribution in [0.3, 0.4) is 0 Å². The third kappa shape index (κ3) is 2.29. The molecule has 8 heteroatoms. The van der Waals surface area contributed by atoms with Crippen LogP contribution in [0.15, 0.2) is 52.4 Å².